The number of aryl methyl sites for hydroxylation is 1. The van der Waals surface area contributed by atoms with Crippen LogP contribution in [-0.4, -0.2) is 42.9 Å². The summed E-state index contributed by atoms with van der Waals surface area (Å²) in [5.41, 5.74) is 7.10. The highest BCUT2D eigenvalue weighted by molar-refractivity contribution is 5.97. The molecule has 3 N–H and O–H groups in total. The highest BCUT2D eigenvalue weighted by Gasteiger charge is 2.17. The van der Waals surface area contributed by atoms with E-state index < -0.39 is 24.3 Å². The third-order valence-electron chi connectivity index (χ3n) is 3.70. The highest BCUT2D eigenvalue weighted by atomic mass is 19.1. The maximum Gasteiger partial charge on any atom is 0.340 e. The van der Waals surface area contributed by atoms with Gasteiger partial charge in [0.2, 0.25) is 5.91 Å². The predicted octanol–water partition coefficient (Wildman–Crippen LogP) is 1.97. The number of carbonyl (C=O) groups is 3. The van der Waals surface area contributed by atoms with Crippen LogP contribution in [0.2, 0.25) is 0 Å². The van der Waals surface area contributed by atoms with Gasteiger partial charge in [-0.05, 0) is 37.3 Å². The van der Waals surface area contributed by atoms with Gasteiger partial charge in [0.05, 0.1) is 12.1 Å². The van der Waals surface area contributed by atoms with Crippen LogP contribution in [0.1, 0.15) is 15.9 Å². The Bertz CT molecular complexity index is 853. The molecule has 7 nitrogen and oxygen atoms in total. The lowest BCUT2D eigenvalue weighted by Gasteiger charge is -2.17. The van der Waals surface area contributed by atoms with E-state index in [-0.39, 0.29) is 23.7 Å². The van der Waals surface area contributed by atoms with Crippen LogP contribution in [0, 0.1) is 12.7 Å². The standard InChI is InChI=1S/C19H20FN3O4/c1-12-3-6-14(7-4-12)22-17(24)10-23(2)18(25)11-27-19(26)15-8-5-13(20)9-16(15)21/h3-9H,10-11,21H2,1-2H3,(H,22,24). The minimum atomic E-state index is -0.849. The smallest absolute Gasteiger partial charge is 0.340 e. The molecule has 2 aromatic rings. The Morgan fingerprint density at radius 3 is 2.44 bits per heavy atom. The number of nitrogen functional groups attached to an aromatic ring is 1. The second kappa shape index (κ2) is 8.79. The number of rotatable bonds is 6. The largest absolute Gasteiger partial charge is 0.452 e. The molecule has 2 rings (SSSR count). The van der Waals surface area contributed by atoms with Gasteiger partial charge in [-0.3, -0.25) is 9.59 Å². The first-order valence-electron chi connectivity index (χ1n) is 8.09. The molecule has 0 aromatic heterocycles. The minimum Gasteiger partial charge on any atom is -0.452 e. The van der Waals surface area contributed by atoms with Crippen molar-refractivity contribution in [3.8, 4) is 0 Å². The topological polar surface area (TPSA) is 102 Å². The number of hydrogen-bond donors (Lipinski definition) is 2. The summed E-state index contributed by atoms with van der Waals surface area (Å²) in [7, 11) is 1.41. The molecular weight excluding hydrogens is 353 g/mol. The molecule has 0 aliphatic heterocycles. The van der Waals surface area contributed by atoms with E-state index >= 15 is 0 Å². The summed E-state index contributed by atoms with van der Waals surface area (Å²) in [5, 5.41) is 2.67. The summed E-state index contributed by atoms with van der Waals surface area (Å²) in [6.07, 6.45) is 0. The Hall–Kier alpha value is -3.42. The molecule has 0 saturated carbocycles. The van der Waals surface area contributed by atoms with Gasteiger partial charge in [-0.1, -0.05) is 17.7 Å². The van der Waals surface area contributed by atoms with Gasteiger partial charge in [-0.2, -0.15) is 0 Å². The number of benzene rings is 2. The molecule has 0 aliphatic carbocycles. The molecule has 8 heteroatoms. The molecule has 142 valence electrons. The van der Waals surface area contributed by atoms with Gasteiger partial charge in [0.15, 0.2) is 6.61 Å². The van der Waals surface area contributed by atoms with E-state index in [0.717, 1.165) is 22.6 Å². The van der Waals surface area contributed by atoms with E-state index in [4.69, 9.17) is 10.5 Å². The summed E-state index contributed by atoms with van der Waals surface area (Å²) in [6, 6.07) is 10.4. The summed E-state index contributed by atoms with van der Waals surface area (Å²) in [6.45, 7) is 1.16. The van der Waals surface area contributed by atoms with Crippen LogP contribution in [0.4, 0.5) is 15.8 Å². The third kappa shape index (κ3) is 5.81. The van der Waals surface area contributed by atoms with Gasteiger partial charge in [-0.15, -0.1) is 0 Å². The normalized spacial score (nSPS) is 10.2. The van der Waals surface area contributed by atoms with Crippen molar-refractivity contribution in [2.24, 2.45) is 0 Å². The molecule has 0 spiro atoms. The van der Waals surface area contributed by atoms with Crippen molar-refractivity contribution in [1.29, 1.82) is 0 Å². The van der Waals surface area contributed by atoms with Crippen molar-refractivity contribution in [1.82, 2.24) is 4.90 Å². The van der Waals surface area contributed by atoms with Crippen molar-refractivity contribution in [2.45, 2.75) is 6.92 Å². The molecular formula is C19H20FN3O4. The fourth-order valence-corrected chi connectivity index (χ4v) is 2.18. The van der Waals surface area contributed by atoms with E-state index in [1.807, 2.05) is 19.1 Å². The minimum absolute atomic E-state index is 0.0380. The van der Waals surface area contributed by atoms with Crippen LogP contribution in [-0.2, 0) is 14.3 Å². The Kier molecular flexibility index (Phi) is 6.48. The molecule has 0 radical (unpaired) electrons. The summed E-state index contributed by atoms with van der Waals surface area (Å²) in [4.78, 5) is 37.1. The average Bonchev–Trinajstić information content (AvgIpc) is 2.61. The average molecular weight is 373 g/mol. The number of amides is 2. The number of nitrogens with two attached hydrogens (primary N) is 1. The van der Waals surface area contributed by atoms with Crippen molar-refractivity contribution in [3.05, 3.63) is 59.4 Å². The van der Waals surface area contributed by atoms with Crippen LogP contribution in [0.3, 0.4) is 0 Å². The van der Waals surface area contributed by atoms with Crippen LogP contribution in [0.25, 0.3) is 0 Å². The van der Waals surface area contributed by atoms with E-state index in [2.05, 4.69) is 5.32 Å². The lowest BCUT2D eigenvalue weighted by atomic mass is 10.2. The van der Waals surface area contributed by atoms with Gasteiger partial charge in [-0.25, -0.2) is 9.18 Å². The van der Waals surface area contributed by atoms with Crippen LogP contribution < -0.4 is 11.1 Å². The molecule has 0 heterocycles. The number of likely N-dealkylation sites (N-methyl/N-ethyl adjacent to an activating group) is 1. The Morgan fingerprint density at radius 2 is 1.81 bits per heavy atom. The van der Waals surface area contributed by atoms with Crippen LogP contribution >= 0.6 is 0 Å². The van der Waals surface area contributed by atoms with E-state index in [9.17, 15) is 18.8 Å². The summed E-state index contributed by atoms with van der Waals surface area (Å²) in [5.74, 6) is -2.38. The quantitative estimate of drug-likeness (QED) is 0.595. The van der Waals surface area contributed by atoms with E-state index in [1.54, 1.807) is 12.1 Å². The second-order valence-corrected chi connectivity index (χ2v) is 5.97. The first-order chi connectivity index (χ1) is 12.8. The molecule has 2 aromatic carbocycles. The number of ether oxygens (including phenoxy) is 1. The molecule has 0 atom stereocenters. The van der Waals surface area contributed by atoms with Crippen LogP contribution in [0.15, 0.2) is 42.5 Å². The molecule has 2 amide bonds. The molecule has 27 heavy (non-hydrogen) atoms. The fraction of sp³-hybridized carbons (Fsp3) is 0.211. The van der Waals surface area contributed by atoms with Crippen molar-refractivity contribution >= 4 is 29.2 Å². The number of esters is 1. The predicted molar refractivity (Wildman–Crippen MR) is 98.5 cm³/mol. The van der Waals surface area contributed by atoms with Gasteiger partial charge >= 0.3 is 5.97 Å². The van der Waals surface area contributed by atoms with Crippen molar-refractivity contribution < 1.29 is 23.5 Å². The van der Waals surface area contributed by atoms with E-state index in [1.165, 1.54) is 13.1 Å². The Morgan fingerprint density at radius 1 is 1.15 bits per heavy atom. The highest BCUT2D eigenvalue weighted by Crippen LogP contribution is 2.14. The van der Waals surface area contributed by atoms with Crippen molar-refractivity contribution in [3.63, 3.8) is 0 Å². The second-order valence-electron chi connectivity index (χ2n) is 5.97. The zero-order chi connectivity index (χ0) is 20.0. The van der Waals surface area contributed by atoms with Crippen molar-refractivity contribution in [2.75, 3.05) is 31.2 Å². The fourth-order valence-electron chi connectivity index (χ4n) is 2.18. The number of halogens is 1. The van der Waals surface area contributed by atoms with Crippen LogP contribution in [0.5, 0.6) is 0 Å². The monoisotopic (exact) mass is 373 g/mol. The number of anilines is 2. The molecule has 0 fully saturated rings. The SMILES string of the molecule is Cc1ccc(NC(=O)CN(C)C(=O)COC(=O)c2ccc(F)cc2N)cc1. The maximum absolute atomic E-state index is 13.0. The molecule has 0 bridgehead atoms. The lowest BCUT2D eigenvalue weighted by Crippen LogP contribution is -2.37. The maximum atomic E-state index is 13.0. The number of nitrogens with one attached hydrogen (secondary N) is 1. The first kappa shape index (κ1) is 19.9. The zero-order valence-electron chi connectivity index (χ0n) is 15.0. The lowest BCUT2D eigenvalue weighted by molar-refractivity contribution is -0.136. The third-order valence-corrected chi connectivity index (χ3v) is 3.70. The Labute approximate surface area is 155 Å². The zero-order valence-corrected chi connectivity index (χ0v) is 15.0. The van der Waals surface area contributed by atoms with Gasteiger partial charge in [0.1, 0.15) is 5.82 Å². The first-order valence-corrected chi connectivity index (χ1v) is 8.09. The Balaban J connectivity index is 1.83. The van der Waals surface area contributed by atoms with E-state index in [0.29, 0.717) is 5.69 Å². The van der Waals surface area contributed by atoms with Gasteiger partial charge in [0.25, 0.3) is 5.91 Å². The summed E-state index contributed by atoms with van der Waals surface area (Å²) < 4.78 is 17.9. The van der Waals surface area contributed by atoms with Gasteiger partial charge in [0, 0.05) is 18.4 Å². The number of nitrogens with zero attached hydrogens (tertiary/aromatic N) is 1. The summed E-state index contributed by atoms with van der Waals surface area (Å²) >= 11 is 0. The molecule has 0 unspecified atom stereocenters. The molecule has 0 saturated heterocycles. The van der Waals surface area contributed by atoms with Gasteiger partial charge < -0.3 is 20.7 Å². The number of hydrogen-bond acceptors (Lipinski definition) is 5. The molecule has 0 aliphatic rings. The number of carbonyl (C=O) groups excluding carboxylic acids is 3.